The van der Waals surface area contributed by atoms with Crippen LogP contribution in [0.15, 0.2) is 12.7 Å². The quantitative estimate of drug-likeness (QED) is 0.523. The summed E-state index contributed by atoms with van der Waals surface area (Å²) < 4.78 is 0. The van der Waals surface area contributed by atoms with Crippen LogP contribution in [-0.4, -0.2) is 71.5 Å². The van der Waals surface area contributed by atoms with E-state index in [0.717, 1.165) is 44.4 Å². The number of piperidine rings is 1. The van der Waals surface area contributed by atoms with Crippen molar-refractivity contribution >= 4 is 5.91 Å². The number of hydrogen-bond acceptors (Lipinski definition) is 3. The Morgan fingerprint density at radius 1 is 0.967 bits per heavy atom. The Morgan fingerprint density at radius 3 is 2.17 bits per heavy atom. The minimum atomic E-state index is 0.265. The van der Waals surface area contributed by atoms with Gasteiger partial charge in [0.15, 0.2) is 0 Å². The highest BCUT2D eigenvalue weighted by molar-refractivity contribution is 5.78. The average molecular weight is 418 g/mol. The molecule has 2 aliphatic carbocycles. The van der Waals surface area contributed by atoms with Crippen LogP contribution in [0.2, 0.25) is 0 Å². The lowest BCUT2D eigenvalue weighted by molar-refractivity contribution is -0.137. The average Bonchev–Trinajstić information content (AvgIpc) is 2.77. The number of nitrogens with zero attached hydrogens (tertiary/aromatic N) is 3. The number of amides is 1. The molecule has 1 heterocycles. The van der Waals surface area contributed by atoms with E-state index >= 15 is 0 Å². The molecule has 3 fully saturated rings. The molecule has 4 heteroatoms. The largest absolute Gasteiger partial charge is 0.343 e. The highest BCUT2D eigenvalue weighted by Crippen LogP contribution is 2.37. The van der Waals surface area contributed by atoms with Crippen LogP contribution in [0, 0.1) is 11.8 Å². The van der Waals surface area contributed by atoms with E-state index in [0.29, 0.717) is 18.0 Å². The van der Waals surface area contributed by atoms with Crippen molar-refractivity contribution in [1.82, 2.24) is 14.7 Å². The lowest BCUT2D eigenvalue weighted by atomic mass is 9.80. The van der Waals surface area contributed by atoms with Crippen molar-refractivity contribution in [2.45, 2.75) is 103 Å². The van der Waals surface area contributed by atoms with Gasteiger partial charge >= 0.3 is 0 Å². The van der Waals surface area contributed by atoms with Crippen LogP contribution in [0.1, 0.15) is 85.0 Å². The Balaban J connectivity index is 1.66. The van der Waals surface area contributed by atoms with Crippen molar-refractivity contribution < 1.29 is 4.79 Å². The molecule has 3 rings (SSSR count). The first-order chi connectivity index (χ1) is 14.6. The van der Waals surface area contributed by atoms with Gasteiger partial charge in [0.25, 0.3) is 0 Å². The normalized spacial score (nSPS) is 31.6. The molecular formula is C26H47N3O. The van der Waals surface area contributed by atoms with Crippen molar-refractivity contribution in [1.29, 1.82) is 0 Å². The van der Waals surface area contributed by atoms with Crippen LogP contribution in [0.25, 0.3) is 0 Å². The van der Waals surface area contributed by atoms with Gasteiger partial charge in [0.05, 0.1) is 0 Å². The molecule has 1 amide bonds. The molecule has 0 aromatic heterocycles. The molecule has 1 aliphatic heterocycles. The number of carbonyl (C=O) groups is 1. The minimum Gasteiger partial charge on any atom is -0.343 e. The fourth-order valence-corrected chi connectivity index (χ4v) is 6.64. The van der Waals surface area contributed by atoms with Crippen molar-refractivity contribution in [3.05, 3.63) is 12.7 Å². The zero-order valence-electron chi connectivity index (χ0n) is 20.0. The van der Waals surface area contributed by atoms with Crippen LogP contribution < -0.4 is 0 Å². The zero-order valence-corrected chi connectivity index (χ0v) is 20.0. The first-order valence-electron chi connectivity index (χ1n) is 13.0. The summed E-state index contributed by atoms with van der Waals surface area (Å²) in [6, 6.07) is 2.18. The lowest BCUT2D eigenvalue weighted by Crippen LogP contribution is -2.58. The van der Waals surface area contributed by atoms with Crippen LogP contribution in [0.4, 0.5) is 0 Å². The predicted octanol–water partition coefficient (Wildman–Crippen LogP) is 4.94. The summed E-state index contributed by atoms with van der Waals surface area (Å²) in [7, 11) is 0. The third kappa shape index (κ3) is 5.68. The molecule has 1 unspecified atom stereocenters. The highest BCUT2D eigenvalue weighted by atomic mass is 16.2. The van der Waals surface area contributed by atoms with E-state index in [2.05, 4.69) is 43.2 Å². The molecule has 0 spiro atoms. The first-order valence-corrected chi connectivity index (χ1v) is 13.0. The molecule has 1 saturated heterocycles. The second-order valence-electron chi connectivity index (χ2n) is 10.1. The maximum atomic E-state index is 12.9. The van der Waals surface area contributed by atoms with Gasteiger partial charge in [-0.25, -0.2) is 0 Å². The molecule has 30 heavy (non-hydrogen) atoms. The highest BCUT2D eigenvalue weighted by Gasteiger charge is 2.40. The monoisotopic (exact) mass is 417 g/mol. The van der Waals surface area contributed by atoms with Gasteiger partial charge in [0.2, 0.25) is 5.91 Å². The second kappa shape index (κ2) is 11.7. The summed E-state index contributed by atoms with van der Waals surface area (Å²) in [6.45, 7) is 15.8. The van der Waals surface area contributed by atoms with E-state index in [-0.39, 0.29) is 5.92 Å². The third-order valence-corrected chi connectivity index (χ3v) is 8.25. The molecular weight excluding hydrogens is 370 g/mol. The summed E-state index contributed by atoms with van der Waals surface area (Å²) >= 11 is 0. The Bertz CT molecular complexity index is 532. The van der Waals surface area contributed by atoms with Crippen molar-refractivity contribution in [2.24, 2.45) is 11.8 Å². The Morgan fingerprint density at radius 2 is 1.60 bits per heavy atom. The van der Waals surface area contributed by atoms with Crippen LogP contribution >= 0.6 is 0 Å². The smallest absolute Gasteiger partial charge is 0.225 e. The Hall–Kier alpha value is -0.870. The van der Waals surface area contributed by atoms with Gasteiger partial charge in [-0.1, -0.05) is 32.3 Å². The number of carbonyl (C=O) groups excluding carboxylic acids is 1. The van der Waals surface area contributed by atoms with E-state index in [9.17, 15) is 4.79 Å². The molecule has 172 valence electrons. The van der Waals surface area contributed by atoms with Crippen LogP contribution in [-0.2, 0) is 4.79 Å². The van der Waals surface area contributed by atoms with Gasteiger partial charge in [-0.3, -0.25) is 14.6 Å². The maximum absolute atomic E-state index is 12.9. The molecule has 0 radical (unpaired) electrons. The zero-order chi connectivity index (χ0) is 21.5. The van der Waals surface area contributed by atoms with E-state index in [1.165, 1.54) is 64.5 Å². The lowest BCUT2D eigenvalue weighted by Gasteiger charge is -2.51. The molecule has 0 aromatic rings. The fraction of sp³-hybridized carbons (Fsp3) is 0.885. The Kier molecular flexibility index (Phi) is 9.25. The van der Waals surface area contributed by atoms with Crippen LogP contribution in [0.5, 0.6) is 0 Å². The minimum absolute atomic E-state index is 0.265. The predicted molar refractivity (Wildman–Crippen MR) is 127 cm³/mol. The number of likely N-dealkylation sites (tertiary alicyclic amines) is 1. The summed E-state index contributed by atoms with van der Waals surface area (Å²) in [4.78, 5) is 20.5. The summed E-state index contributed by atoms with van der Waals surface area (Å²) in [5.74, 6) is 1.39. The topological polar surface area (TPSA) is 26.8 Å². The van der Waals surface area contributed by atoms with E-state index in [1.807, 2.05) is 4.90 Å². The Labute approximate surface area is 186 Å². The van der Waals surface area contributed by atoms with Gasteiger partial charge in [-0.2, -0.15) is 0 Å². The standard InChI is InChI=1S/C26H47N3O/c1-5-18-27-19-17-25(21(4)20-27)29(23-11-9-8-10-12-23)24-15-13-22(14-16-24)26(30)28(6-2)7-3/h5,21-25H,1,6-20H2,2-4H3/t21?,22?,24?,25-/m0/s1. The third-order valence-electron chi connectivity index (χ3n) is 8.25. The molecule has 4 nitrogen and oxygen atoms in total. The second-order valence-corrected chi connectivity index (χ2v) is 10.1. The van der Waals surface area contributed by atoms with E-state index in [4.69, 9.17) is 0 Å². The molecule has 2 saturated carbocycles. The van der Waals surface area contributed by atoms with Crippen LogP contribution in [0.3, 0.4) is 0 Å². The van der Waals surface area contributed by atoms with Gasteiger partial charge in [-0.05, 0) is 71.3 Å². The summed E-state index contributed by atoms with van der Waals surface area (Å²) in [5, 5.41) is 0. The SMILES string of the molecule is C=CCN1CC[C@H](N(C2CCCCC2)C2CCC(C(=O)N(CC)CC)CC2)C(C)C1. The molecule has 2 atom stereocenters. The van der Waals surface area contributed by atoms with Crippen molar-refractivity contribution in [3.8, 4) is 0 Å². The molecule has 3 aliphatic rings. The van der Waals surface area contributed by atoms with E-state index < -0.39 is 0 Å². The van der Waals surface area contributed by atoms with E-state index in [1.54, 1.807) is 0 Å². The van der Waals surface area contributed by atoms with Gasteiger partial charge < -0.3 is 4.90 Å². The summed E-state index contributed by atoms with van der Waals surface area (Å²) in [5.41, 5.74) is 0. The number of rotatable bonds is 8. The van der Waals surface area contributed by atoms with Gasteiger partial charge in [-0.15, -0.1) is 6.58 Å². The van der Waals surface area contributed by atoms with Gasteiger partial charge in [0.1, 0.15) is 0 Å². The van der Waals surface area contributed by atoms with Crippen molar-refractivity contribution in [2.75, 3.05) is 32.7 Å². The number of hydrogen-bond donors (Lipinski definition) is 0. The van der Waals surface area contributed by atoms with Crippen molar-refractivity contribution in [3.63, 3.8) is 0 Å². The molecule has 0 N–H and O–H groups in total. The summed E-state index contributed by atoms with van der Waals surface area (Å²) in [6.07, 6.45) is 15.0. The first kappa shape index (κ1) is 23.8. The molecule has 0 aromatic carbocycles. The van der Waals surface area contributed by atoms with Gasteiger partial charge in [0, 0.05) is 50.2 Å². The molecule has 0 bridgehead atoms. The maximum Gasteiger partial charge on any atom is 0.225 e. The fourth-order valence-electron chi connectivity index (χ4n) is 6.64.